The Morgan fingerprint density at radius 1 is 1.17 bits per heavy atom. The summed E-state index contributed by atoms with van der Waals surface area (Å²) >= 11 is 1.60. The van der Waals surface area contributed by atoms with E-state index in [1.165, 1.54) is 12.1 Å². The average molecular weight is 411 g/mol. The van der Waals surface area contributed by atoms with E-state index in [9.17, 15) is 9.18 Å². The normalized spacial score (nSPS) is 24.4. The van der Waals surface area contributed by atoms with E-state index in [0.29, 0.717) is 11.6 Å². The maximum atomic E-state index is 13.7. The fourth-order valence-electron chi connectivity index (χ4n) is 4.49. The molecule has 2 bridgehead atoms. The lowest BCUT2D eigenvalue weighted by atomic mass is 9.86. The summed E-state index contributed by atoms with van der Waals surface area (Å²) in [5, 5.41) is 6.25. The number of carbonyl (C=O) groups excluding carboxylic acids is 1. The predicted octanol–water partition coefficient (Wildman–Crippen LogP) is 4.83. The minimum Gasteiger partial charge on any atom is -0.459 e. The van der Waals surface area contributed by atoms with Crippen molar-refractivity contribution in [1.82, 2.24) is 4.90 Å². The zero-order chi connectivity index (χ0) is 19.8. The van der Waals surface area contributed by atoms with Gasteiger partial charge in [-0.05, 0) is 66.9 Å². The number of thiophene rings is 1. The van der Waals surface area contributed by atoms with Crippen molar-refractivity contribution in [2.24, 2.45) is 5.92 Å². The molecular weight excluding hydrogens is 387 g/mol. The lowest BCUT2D eigenvalue weighted by molar-refractivity contribution is -0.159. The Balaban J connectivity index is 1.45. The summed E-state index contributed by atoms with van der Waals surface area (Å²) < 4.78 is 20.9. The quantitative estimate of drug-likeness (QED) is 0.612. The minimum atomic E-state index is -0.677. The Bertz CT molecular complexity index is 1030. The number of esters is 1. The molecule has 0 amide bonds. The zero-order valence-electron chi connectivity index (χ0n) is 16.0. The monoisotopic (exact) mass is 410 g/mol. The molecule has 4 heterocycles. The molecule has 0 spiro atoms. The zero-order valence-corrected chi connectivity index (χ0v) is 16.8. The third-order valence-corrected chi connectivity index (χ3v) is 7.04. The van der Waals surface area contributed by atoms with E-state index in [0.717, 1.165) is 48.1 Å². The summed E-state index contributed by atoms with van der Waals surface area (Å²) in [6, 6.07) is 13.5. The van der Waals surface area contributed by atoms with Crippen LogP contribution in [0.4, 0.5) is 10.1 Å². The standard InChI is InChI=1S/C23H23FN2O2S/c24-16-4-3-5-17(12-16)25-22(19-14-29-21-7-2-1-6-18(19)21)23(27)28-20-13-26-10-8-15(20)9-11-26/h1-7,12,14-15,20,22,25H,8-11,13H2/t20-,22?/m0/s1. The van der Waals surface area contributed by atoms with Gasteiger partial charge < -0.3 is 10.1 Å². The topological polar surface area (TPSA) is 41.6 Å². The highest BCUT2D eigenvalue weighted by Gasteiger charge is 2.38. The smallest absolute Gasteiger partial charge is 0.333 e. The van der Waals surface area contributed by atoms with Crippen molar-refractivity contribution in [1.29, 1.82) is 0 Å². The number of benzene rings is 2. The van der Waals surface area contributed by atoms with Crippen LogP contribution in [0.25, 0.3) is 10.1 Å². The highest BCUT2D eigenvalue weighted by molar-refractivity contribution is 7.17. The largest absolute Gasteiger partial charge is 0.459 e. The van der Waals surface area contributed by atoms with E-state index in [4.69, 9.17) is 4.74 Å². The molecule has 6 heteroatoms. The maximum Gasteiger partial charge on any atom is 0.333 e. The van der Waals surface area contributed by atoms with Gasteiger partial charge in [0.15, 0.2) is 6.04 Å². The van der Waals surface area contributed by atoms with Gasteiger partial charge in [-0.1, -0.05) is 24.3 Å². The summed E-state index contributed by atoms with van der Waals surface area (Å²) in [7, 11) is 0. The van der Waals surface area contributed by atoms with Crippen molar-refractivity contribution in [2.45, 2.75) is 25.0 Å². The number of ether oxygens (including phenoxy) is 1. The lowest BCUT2D eigenvalue weighted by Gasteiger charge is -2.44. The van der Waals surface area contributed by atoms with Crippen molar-refractivity contribution >= 4 is 33.1 Å². The fraction of sp³-hybridized carbons (Fsp3) is 0.348. The molecule has 29 heavy (non-hydrogen) atoms. The number of piperidine rings is 3. The number of hydrogen-bond donors (Lipinski definition) is 1. The van der Waals surface area contributed by atoms with E-state index in [-0.39, 0.29) is 17.9 Å². The van der Waals surface area contributed by atoms with Gasteiger partial charge in [0.2, 0.25) is 0 Å². The molecule has 3 aromatic rings. The van der Waals surface area contributed by atoms with Crippen LogP contribution in [0.1, 0.15) is 24.4 Å². The highest BCUT2D eigenvalue weighted by atomic mass is 32.1. The fourth-order valence-corrected chi connectivity index (χ4v) is 5.48. The molecule has 2 atom stereocenters. The number of nitrogens with one attached hydrogen (secondary N) is 1. The third-order valence-electron chi connectivity index (χ3n) is 6.06. The molecule has 6 rings (SSSR count). The van der Waals surface area contributed by atoms with Crippen molar-refractivity contribution in [3.63, 3.8) is 0 Å². The number of fused-ring (bicyclic) bond motifs is 4. The van der Waals surface area contributed by atoms with Gasteiger partial charge in [-0.25, -0.2) is 9.18 Å². The summed E-state index contributed by atoms with van der Waals surface area (Å²) in [6.07, 6.45) is 2.11. The van der Waals surface area contributed by atoms with Gasteiger partial charge in [-0.15, -0.1) is 11.3 Å². The van der Waals surface area contributed by atoms with Crippen LogP contribution in [-0.2, 0) is 9.53 Å². The molecule has 1 aromatic heterocycles. The molecule has 1 unspecified atom stereocenters. The van der Waals surface area contributed by atoms with Gasteiger partial charge in [0.25, 0.3) is 0 Å². The molecule has 2 aromatic carbocycles. The molecule has 3 aliphatic rings. The van der Waals surface area contributed by atoms with Crippen LogP contribution < -0.4 is 5.32 Å². The van der Waals surface area contributed by atoms with Gasteiger partial charge in [0, 0.05) is 22.5 Å². The van der Waals surface area contributed by atoms with Crippen LogP contribution in [0, 0.1) is 11.7 Å². The minimum absolute atomic E-state index is 0.0632. The van der Waals surface area contributed by atoms with Crippen molar-refractivity contribution in [3.8, 4) is 0 Å². The third kappa shape index (κ3) is 3.74. The molecule has 0 saturated carbocycles. The molecule has 3 saturated heterocycles. The van der Waals surface area contributed by atoms with Crippen LogP contribution in [-0.4, -0.2) is 36.6 Å². The number of carbonyl (C=O) groups is 1. The van der Waals surface area contributed by atoms with Crippen LogP contribution >= 0.6 is 11.3 Å². The summed E-state index contributed by atoms with van der Waals surface area (Å²) in [4.78, 5) is 15.7. The Labute approximate surface area is 173 Å². The first-order chi connectivity index (χ1) is 14.2. The van der Waals surface area contributed by atoms with Crippen LogP contribution in [0.3, 0.4) is 0 Å². The van der Waals surface area contributed by atoms with E-state index >= 15 is 0 Å². The molecule has 150 valence electrons. The number of halogens is 1. The van der Waals surface area contributed by atoms with E-state index < -0.39 is 6.04 Å². The van der Waals surface area contributed by atoms with Gasteiger partial charge >= 0.3 is 5.97 Å². The molecule has 3 aliphatic heterocycles. The molecule has 1 N–H and O–H groups in total. The Morgan fingerprint density at radius 3 is 2.76 bits per heavy atom. The lowest BCUT2D eigenvalue weighted by Crippen LogP contribution is -2.52. The Kier molecular flexibility index (Phi) is 4.97. The highest BCUT2D eigenvalue weighted by Crippen LogP contribution is 2.35. The van der Waals surface area contributed by atoms with E-state index in [1.807, 2.05) is 29.6 Å². The van der Waals surface area contributed by atoms with Gasteiger partial charge in [-0.2, -0.15) is 0 Å². The molecule has 4 nitrogen and oxygen atoms in total. The molecule has 0 aliphatic carbocycles. The Morgan fingerprint density at radius 2 is 2.00 bits per heavy atom. The van der Waals surface area contributed by atoms with Crippen LogP contribution in [0.2, 0.25) is 0 Å². The van der Waals surface area contributed by atoms with Crippen molar-refractivity contribution in [3.05, 3.63) is 65.3 Å². The summed E-state index contributed by atoms with van der Waals surface area (Å²) in [6.45, 7) is 3.01. The van der Waals surface area contributed by atoms with Crippen molar-refractivity contribution in [2.75, 3.05) is 25.0 Å². The van der Waals surface area contributed by atoms with Gasteiger partial charge in [-0.3, -0.25) is 4.90 Å². The first-order valence-corrected chi connectivity index (χ1v) is 11.0. The average Bonchev–Trinajstić information content (AvgIpc) is 3.17. The number of anilines is 1. The van der Waals surface area contributed by atoms with Gasteiger partial charge in [0.05, 0.1) is 0 Å². The van der Waals surface area contributed by atoms with Crippen molar-refractivity contribution < 1.29 is 13.9 Å². The SMILES string of the molecule is O=C(O[C@H]1CN2CCC1CC2)C(Nc1cccc(F)c1)c1csc2ccccc12. The first-order valence-electron chi connectivity index (χ1n) is 10.1. The number of nitrogens with zero attached hydrogens (tertiary/aromatic N) is 1. The Hall–Kier alpha value is -2.44. The van der Waals surface area contributed by atoms with Gasteiger partial charge in [0.1, 0.15) is 11.9 Å². The predicted molar refractivity (Wildman–Crippen MR) is 114 cm³/mol. The van der Waals surface area contributed by atoms with Crippen LogP contribution in [0.15, 0.2) is 53.9 Å². The van der Waals surface area contributed by atoms with E-state index in [1.54, 1.807) is 23.5 Å². The summed E-state index contributed by atoms with van der Waals surface area (Å²) in [5.41, 5.74) is 1.44. The first kappa shape index (κ1) is 18.6. The number of rotatable bonds is 5. The second kappa shape index (κ2) is 7.76. The second-order valence-corrected chi connectivity index (χ2v) is 8.80. The summed E-state index contributed by atoms with van der Waals surface area (Å²) in [5.74, 6) is -0.191. The molecule has 3 fully saturated rings. The molecular formula is C23H23FN2O2S. The second-order valence-electron chi connectivity index (χ2n) is 7.89. The maximum absolute atomic E-state index is 13.7. The number of hydrogen-bond acceptors (Lipinski definition) is 5. The van der Waals surface area contributed by atoms with E-state index in [2.05, 4.69) is 10.2 Å². The molecule has 0 radical (unpaired) electrons. The van der Waals surface area contributed by atoms with Crippen LogP contribution in [0.5, 0.6) is 0 Å².